The molecule has 0 bridgehead atoms. The molecular formula is C15H32N2. The van der Waals surface area contributed by atoms with Gasteiger partial charge in [0.2, 0.25) is 0 Å². The smallest absolute Gasteiger partial charge is 0.0122 e. The minimum Gasteiger partial charge on any atom is -0.316 e. The summed E-state index contributed by atoms with van der Waals surface area (Å²) in [6.45, 7) is 15.4. The molecule has 1 aliphatic rings. The quantitative estimate of drug-likeness (QED) is 0.688. The SMILES string of the molecule is CCCNCC(C)C(C)N1CCCC1C(C)C. The first-order chi connectivity index (χ1) is 8.07. The highest BCUT2D eigenvalue weighted by Crippen LogP contribution is 2.28. The number of hydrogen-bond donors (Lipinski definition) is 1. The van der Waals surface area contributed by atoms with Gasteiger partial charge in [-0.05, 0) is 57.7 Å². The Morgan fingerprint density at radius 2 is 1.94 bits per heavy atom. The van der Waals surface area contributed by atoms with Crippen LogP contribution in [0.25, 0.3) is 0 Å². The van der Waals surface area contributed by atoms with E-state index in [0.717, 1.165) is 31.0 Å². The fourth-order valence-corrected chi connectivity index (χ4v) is 3.04. The number of nitrogens with zero attached hydrogens (tertiary/aromatic N) is 1. The zero-order valence-electron chi connectivity index (χ0n) is 12.5. The van der Waals surface area contributed by atoms with Crippen LogP contribution in [0.15, 0.2) is 0 Å². The normalized spacial score (nSPS) is 25.4. The second-order valence-corrected chi connectivity index (χ2v) is 6.11. The first kappa shape index (κ1) is 15.0. The summed E-state index contributed by atoms with van der Waals surface area (Å²) in [4.78, 5) is 2.75. The lowest BCUT2D eigenvalue weighted by Gasteiger charge is -2.36. The Labute approximate surface area is 108 Å². The van der Waals surface area contributed by atoms with Gasteiger partial charge in [0.05, 0.1) is 0 Å². The third kappa shape index (κ3) is 4.26. The van der Waals surface area contributed by atoms with Crippen molar-refractivity contribution >= 4 is 0 Å². The molecule has 1 fully saturated rings. The third-order valence-corrected chi connectivity index (χ3v) is 4.35. The fraction of sp³-hybridized carbons (Fsp3) is 1.00. The van der Waals surface area contributed by atoms with E-state index in [4.69, 9.17) is 0 Å². The number of rotatable bonds is 7. The third-order valence-electron chi connectivity index (χ3n) is 4.35. The minimum atomic E-state index is 0.717. The van der Waals surface area contributed by atoms with Crippen molar-refractivity contribution in [1.82, 2.24) is 10.2 Å². The van der Waals surface area contributed by atoms with Gasteiger partial charge in [0.15, 0.2) is 0 Å². The Morgan fingerprint density at radius 1 is 1.24 bits per heavy atom. The highest BCUT2D eigenvalue weighted by atomic mass is 15.2. The van der Waals surface area contributed by atoms with Crippen LogP contribution in [0.2, 0.25) is 0 Å². The van der Waals surface area contributed by atoms with Crippen LogP contribution in [0.3, 0.4) is 0 Å². The van der Waals surface area contributed by atoms with Crippen molar-refractivity contribution in [3.8, 4) is 0 Å². The van der Waals surface area contributed by atoms with Gasteiger partial charge < -0.3 is 5.32 Å². The molecule has 2 heteroatoms. The molecule has 17 heavy (non-hydrogen) atoms. The first-order valence-corrected chi connectivity index (χ1v) is 7.54. The van der Waals surface area contributed by atoms with Crippen LogP contribution in [0.4, 0.5) is 0 Å². The van der Waals surface area contributed by atoms with Crippen molar-refractivity contribution in [2.75, 3.05) is 19.6 Å². The summed E-state index contributed by atoms with van der Waals surface area (Å²) in [7, 11) is 0. The van der Waals surface area contributed by atoms with Gasteiger partial charge in [-0.3, -0.25) is 4.90 Å². The maximum absolute atomic E-state index is 3.56. The molecule has 1 heterocycles. The van der Waals surface area contributed by atoms with Crippen molar-refractivity contribution in [2.24, 2.45) is 11.8 Å². The molecule has 0 aromatic heterocycles. The summed E-state index contributed by atoms with van der Waals surface area (Å²) >= 11 is 0. The van der Waals surface area contributed by atoms with Gasteiger partial charge in [-0.2, -0.15) is 0 Å². The van der Waals surface area contributed by atoms with Gasteiger partial charge in [0.1, 0.15) is 0 Å². The van der Waals surface area contributed by atoms with Gasteiger partial charge in [0.25, 0.3) is 0 Å². The van der Waals surface area contributed by atoms with Crippen LogP contribution in [0.5, 0.6) is 0 Å². The number of hydrogen-bond acceptors (Lipinski definition) is 2. The Morgan fingerprint density at radius 3 is 2.53 bits per heavy atom. The van der Waals surface area contributed by atoms with E-state index >= 15 is 0 Å². The standard InChI is InChI=1S/C15H32N2/c1-6-9-16-11-13(4)14(5)17-10-7-8-15(17)12(2)3/h12-16H,6-11H2,1-5H3. The lowest BCUT2D eigenvalue weighted by molar-refractivity contribution is 0.119. The largest absolute Gasteiger partial charge is 0.316 e. The molecule has 3 unspecified atom stereocenters. The number of nitrogens with one attached hydrogen (secondary N) is 1. The Bertz CT molecular complexity index is 203. The second kappa shape index (κ2) is 7.38. The predicted molar refractivity (Wildman–Crippen MR) is 76.4 cm³/mol. The van der Waals surface area contributed by atoms with Crippen molar-refractivity contribution in [3.05, 3.63) is 0 Å². The van der Waals surface area contributed by atoms with Gasteiger partial charge in [-0.15, -0.1) is 0 Å². The second-order valence-electron chi connectivity index (χ2n) is 6.11. The van der Waals surface area contributed by atoms with Crippen molar-refractivity contribution in [3.63, 3.8) is 0 Å². The summed E-state index contributed by atoms with van der Waals surface area (Å²) in [5, 5.41) is 3.56. The van der Waals surface area contributed by atoms with E-state index in [1.165, 1.54) is 25.8 Å². The van der Waals surface area contributed by atoms with E-state index in [1.807, 2.05) is 0 Å². The van der Waals surface area contributed by atoms with E-state index in [9.17, 15) is 0 Å². The summed E-state index contributed by atoms with van der Waals surface area (Å²) in [5.41, 5.74) is 0. The van der Waals surface area contributed by atoms with E-state index in [0.29, 0.717) is 6.04 Å². The van der Waals surface area contributed by atoms with Crippen LogP contribution in [-0.4, -0.2) is 36.6 Å². The molecule has 102 valence electrons. The van der Waals surface area contributed by atoms with Crippen molar-refractivity contribution in [2.45, 2.75) is 66.0 Å². The zero-order chi connectivity index (χ0) is 12.8. The van der Waals surface area contributed by atoms with Crippen LogP contribution in [0.1, 0.15) is 53.9 Å². The average Bonchev–Trinajstić information content (AvgIpc) is 2.77. The fourth-order valence-electron chi connectivity index (χ4n) is 3.04. The summed E-state index contributed by atoms with van der Waals surface area (Å²) < 4.78 is 0. The Balaban J connectivity index is 2.41. The lowest BCUT2D eigenvalue weighted by Crippen LogP contribution is -2.45. The van der Waals surface area contributed by atoms with E-state index < -0.39 is 0 Å². The molecule has 2 nitrogen and oxygen atoms in total. The highest BCUT2D eigenvalue weighted by molar-refractivity contribution is 4.87. The minimum absolute atomic E-state index is 0.717. The maximum atomic E-state index is 3.56. The maximum Gasteiger partial charge on any atom is 0.0122 e. The predicted octanol–water partition coefficient (Wildman–Crippen LogP) is 3.13. The molecule has 0 radical (unpaired) electrons. The van der Waals surface area contributed by atoms with Gasteiger partial charge in [0, 0.05) is 12.1 Å². The van der Waals surface area contributed by atoms with E-state index in [2.05, 4.69) is 44.8 Å². The molecule has 0 amide bonds. The summed E-state index contributed by atoms with van der Waals surface area (Å²) in [6, 6.07) is 1.54. The molecule has 1 rings (SSSR count). The molecule has 0 aromatic carbocycles. The molecule has 1 saturated heterocycles. The van der Waals surface area contributed by atoms with E-state index in [-0.39, 0.29) is 0 Å². The molecule has 1 N–H and O–H groups in total. The highest BCUT2D eigenvalue weighted by Gasteiger charge is 2.32. The van der Waals surface area contributed by atoms with E-state index in [1.54, 1.807) is 0 Å². The van der Waals surface area contributed by atoms with Crippen LogP contribution < -0.4 is 5.32 Å². The summed E-state index contributed by atoms with van der Waals surface area (Å²) in [6.07, 6.45) is 4.03. The van der Waals surface area contributed by atoms with Crippen LogP contribution >= 0.6 is 0 Å². The average molecular weight is 240 g/mol. The number of likely N-dealkylation sites (tertiary alicyclic amines) is 1. The van der Waals surface area contributed by atoms with Crippen LogP contribution in [0, 0.1) is 11.8 Å². The van der Waals surface area contributed by atoms with Gasteiger partial charge >= 0.3 is 0 Å². The lowest BCUT2D eigenvalue weighted by atomic mass is 9.96. The molecule has 0 saturated carbocycles. The van der Waals surface area contributed by atoms with Crippen LogP contribution in [-0.2, 0) is 0 Å². The Kier molecular flexibility index (Phi) is 6.50. The van der Waals surface area contributed by atoms with Crippen molar-refractivity contribution < 1.29 is 0 Å². The molecule has 0 spiro atoms. The van der Waals surface area contributed by atoms with Gasteiger partial charge in [-0.25, -0.2) is 0 Å². The molecule has 0 aromatic rings. The van der Waals surface area contributed by atoms with Gasteiger partial charge in [-0.1, -0.05) is 27.7 Å². The molecule has 0 aliphatic carbocycles. The molecular weight excluding hydrogens is 208 g/mol. The summed E-state index contributed by atoms with van der Waals surface area (Å²) in [5.74, 6) is 1.55. The topological polar surface area (TPSA) is 15.3 Å². The Hall–Kier alpha value is -0.0800. The molecule has 1 aliphatic heterocycles. The van der Waals surface area contributed by atoms with Crippen molar-refractivity contribution in [1.29, 1.82) is 0 Å². The monoisotopic (exact) mass is 240 g/mol. The zero-order valence-corrected chi connectivity index (χ0v) is 12.5. The first-order valence-electron chi connectivity index (χ1n) is 7.54. The molecule has 3 atom stereocenters.